The van der Waals surface area contributed by atoms with E-state index >= 15 is 0 Å². The van der Waals surface area contributed by atoms with Gasteiger partial charge in [0.15, 0.2) is 11.2 Å². The molecule has 23 heavy (non-hydrogen) atoms. The van der Waals surface area contributed by atoms with Crippen LogP contribution in [0.1, 0.15) is 21.7 Å². The second-order valence-corrected chi connectivity index (χ2v) is 5.39. The van der Waals surface area contributed by atoms with Crippen LogP contribution in [-0.4, -0.2) is 5.91 Å². The average molecular weight is 311 g/mol. The summed E-state index contributed by atoms with van der Waals surface area (Å²) >= 11 is 0. The SMILES string of the molecule is Cc1ccc2oc(C(=O)Nc3cc(F)ccc3C)cc(=O)c2c1. The number of aryl methyl sites for hydroxylation is 2. The van der Waals surface area contributed by atoms with E-state index < -0.39 is 11.7 Å². The number of carbonyl (C=O) groups is 1. The normalized spacial score (nSPS) is 10.7. The first kappa shape index (κ1) is 15.0. The van der Waals surface area contributed by atoms with E-state index in [0.717, 1.165) is 11.6 Å². The molecule has 0 unspecified atom stereocenters. The van der Waals surface area contributed by atoms with Crippen molar-refractivity contribution in [1.29, 1.82) is 0 Å². The van der Waals surface area contributed by atoms with Gasteiger partial charge in [0, 0.05) is 11.8 Å². The number of carbonyl (C=O) groups excluding carboxylic acids is 1. The lowest BCUT2D eigenvalue weighted by Crippen LogP contribution is -2.15. The number of halogens is 1. The zero-order chi connectivity index (χ0) is 16.6. The first-order valence-electron chi connectivity index (χ1n) is 7.06. The monoisotopic (exact) mass is 311 g/mol. The summed E-state index contributed by atoms with van der Waals surface area (Å²) in [4.78, 5) is 24.4. The minimum absolute atomic E-state index is 0.116. The number of benzene rings is 2. The summed E-state index contributed by atoms with van der Waals surface area (Å²) in [7, 11) is 0. The van der Waals surface area contributed by atoms with Gasteiger partial charge in [0.1, 0.15) is 11.4 Å². The molecule has 0 saturated carbocycles. The predicted octanol–water partition coefficient (Wildman–Crippen LogP) is 3.80. The smallest absolute Gasteiger partial charge is 0.291 e. The first-order chi connectivity index (χ1) is 10.9. The zero-order valence-corrected chi connectivity index (χ0v) is 12.6. The molecule has 0 spiro atoms. The number of fused-ring (bicyclic) bond motifs is 1. The van der Waals surface area contributed by atoms with Crippen molar-refractivity contribution in [1.82, 2.24) is 0 Å². The van der Waals surface area contributed by atoms with Gasteiger partial charge in [-0.25, -0.2) is 4.39 Å². The van der Waals surface area contributed by atoms with Crippen LogP contribution >= 0.6 is 0 Å². The minimum atomic E-state index is -0.599. The lowest BCUT2D eigenvalue weighted by Gasteiger charge is -2.08. The van der Waals surface area contributed by atoms with Gasteiger partial charge in [-0.3, -0.25) is 9.59 Å². The topological polar surface area (TPSA) is 59.3 Å². The van der Waals surface area contributed by atoms with E-state index in [4.69, 9.17) is 4.42 Å². The molecule has 0 fully saturated rings. The minimum Gasteiger partial charge on any atom is -0.451 e. The van der Waals surface area contributed by atoms with Crippen molar-refractivity contribution in [2.45, 2.75) is 13.8 Å². The molecule has 1 aromatic heterocycles. The van der Waals surface area contributed by atoms with E-state index in [-0.39, 0.29) is 11.2 Å². The Labute approximate surface area is 131 Å². The molecule has 0 aliphatic heterocycles. The molecule has 1 N–H and O–H groups in total. The van der Waals surface area contributed by atoms with Crippen LogP contribution in [-0.2, 0) is 0 Å². The molecule has 0 saturated heterocycles. The number of hydrogen-bond donors (Lipinski definition) is 1. The Hall–Kier alpha value is -2.95. The highest BCUT2D eigenvalue weighted by Gasteiger charge is 2.14. The third-order valence-corrected chi connectivity index (χ3v) is 3.55. The quantitative estimate of drug-likeness (QED) is 0.783. The number of rotatable bonds is 2. The molecule has 0 bridgehead atoms. The van der Waals surface area contributed by atoms with Crippen molar-refractivity contribution in [2.75, 3.05) is 5.32 Å². The molecule has 3 rings (SSSR count). The van der Waals surface area contributed by atoms with Gasteiger partial charge in [-0.1, -0.05) is 17.7 Å². The molecule has 0 aliphatic carbocycles. The summed E-state index contributed by atoms with van der Waals surface area (Å²) in [5.74, 6) is -1.17. The Morgan fingerprint density at radius 2 is 1.87 bits per heavy atom. The lowest BCUT2D eigenvalue weighted by atomic mass is 10.1. The van der Waals surface area contributed by atoms with E-state index in [1.165, 1.54) is 12.1 Å². The van der Waals surface area contributed by atoms with Crippen molar-refractivity contribution < 1.29 is 13.6 Å². The second kappa shape index (κ2) is 5.68. The second-order valence-electron chi connectivity index (χ2n) is 5.39. The number of anilines is 1. The van der Waals surface area contributed by atoms with Gasteiger partial charge in [-0.05, 0) is 43.7 Å². The van der Waals surface area contributed by atoms with Gasteiger partial charge in [0.25, 0.3) is 5.91 Å². The van der Waals surface area contributed by atoms with Crippen LogP contribution in [0, 0.1) is 19.7 Å². The molecule has 3 aromatic rings. The molecule has 1 heterocycles. The molecule has 0 atom stereocenters. The molecule has 5 heteroatoms. The lowest BCUT2D eigenvalue weighted by molar-refractivity contribution is 0.0997. The van der Waals surface area contributed by atoms with Gasteiger partial charge in [0.05, 0.1) is 5.39 Å². The summed E-state index contributed by atoms with van der Waals surface area (Å²) in [6.07, 6.45) is 0. The van der Waals surface area contributed by atoms with E-state index in [1.54, 1.807) is 31.2 Å². The third-order valence-electron chi connectivity index (χ3n) is 3.55. The van der Waals surface area contributed by atoms with Crippen molar-refractivity contribution >= 4 is 22.6 Å². The maximum atomic E-state index is 13.3. The molecule has 0 aliphatic rings. The van der Waals surface area contributed by atoms with Crippen LogP contribution in [0.25, 0.3) is 11.0 Å². The molecule has 2 aromatic carbocycles. The first-order valence-corrected chi connectivity index (χ1v) is 7.06. The maximum absolute atomic E-state index is 13.3. The van der Waals surface area contributed by atoms with Gasteiger partial charge < -0.3 is 9.73 Å². The standard InChI is InChI=1S/C18H14FNO3/c1-10-3-6-16-13(7-10)15(21)9-17(23-16)18(22)20-14-8-12(19)5-4-11(14)2/h3-9H,1-2H3,(H,20,22). The van der Waals surface area contributed by atoms with E-state index in [1.807, 2.05) is 6.92 Å². The fraction of sp³-hybridized carbons (Fsp3) is 0.111. The molecule has 0 radical (unpaired) electrons. The Bertz CT molecular complexity index is 976. The third kappa shape index (κ3) is 2.99. The average Bonchev–Trinajstić information content (AvgIpc) is 2.51. The zero-order valence-electron chi connectivity index (χ0n) is 12.6. The maximum Gasteiger partial charge on any atom is 0.291 e. The molecule has 116 valence electrons. The van der Waals surface area contributed by atoms with Crippen LogP contribution in [0.15, 0.2) is 51.7 Å². The van der Waals surface area contributed by atoms with Crippen LogP contribution in [0.4, 0.5) is 10.1 Å². The molecular formula is C18H14FNO3. The van der Waals surface area contributed by atoms with Gasteiger partial charge in [-0.2, -0.15) is 0 Å². The number of amides is 1. The van der Waals surface area contributed by atoms with Gasteiger partial charge in [-0.15, -0.1) is 0 Å². The Kier molecular flexibility index (Phi) is 3.70. The number of nitrogens with one attached hydrogen (secondary N) is 1. The molecule has 4 nitrogen and oxygen atoms in total. The predicted molar refractivity (Wildman–Crippen MR) is 86.3 cm³/mol. The molecule has 1 amide bonds. The largest absolute Gasteiger partial charge is 0.451 e. The Morgan fingerprint density at radius 1 is 1.09 bits per heavy atom. The van der Waals surface area contributed by atoms with Crippen LogP contribution in [0.3, 0.4) is 0 Å². The van der Waals surface area contributed by atoms with Crippen LogP contribution < -0.4 is 10.7 Å². The summed E-state index contributed by atoms with van der Waals surface area (Å²) in [5.41, 5.74) is 2.01. The van der Waals surface area contributed by atoms with Crippen molar-refractivity contribution in [3.63, 3.8) is 0 Å². The van der Waals surface area contributed by atoms with Gasteiger partial charge in [0.2, 0.25) is 0 Å². The van der Waals surface area contributed by atoms with E-state index in [0.29, 0.717) is 22.2 Å². The van der Waals surface area contributed by atoms with Crippen molar-refractivity contribution in [3.8, 4) is 0 Å². The van der Waals surface area contributed by atoms with E-state index in [2.05, 4.69) is 5.32 Å². The van der Waals surface area contributed by atoms with Gasteiger partial charge >= 0.3 is 0 Å². The van der Waals surface area contributed by atoms with E-state index in [9.17, 15) is 14.0 Å². The highest BCUT2D eigenvalue weighted by molar-refractivity contribution is 6.03. The fourth-order valence-corrected chi connectivity index (χ4v) is 2.29. The highest BCUT2D eigenvalue weighted by Crippen LogP contribution is 2.18. The summed E-state index contributed by atoms with van der Waals surface area (Å²) in [6.45, 7) is 3.61. The summed E-state index contributed by atoms with van der Waals surface area (Å²) in [5, 5.41) is 2.98. The Morgan fingerprint density at radius 3 is 2.65 bits per heavy atom. The molecular weight excluding hydrogens is 297 g/mol. The van der Waals surface area contributed by atoms with Crippen molar-refractivity contribution in [2.24, 2.45) is 0 Å². The fourth-order valence-electron chi connectivity index (χ4n) is 2.29. The van der Waals surface area contributed by atoms with Crippen LogP contribution in [0.2, 0.25) is 0 Å². The van der Waals surface area contributed by atoms with Crippen molar-refractivity contribution in [3.05, 3.63) is 75.4 Å². The Balaban J connectivity index is 1.99. The summed E-state index contributed by atoms with van der Waals surface area (Å²) < 4.78 is 18.8. The highest BCUT2D eigenvalue weighted by atomic mass is 19.1. The summed E-state index contributed by atoms with van der Waals surface area (Å²) in [6, 6.07) is 10.4. The van der Waals surface area contributed by atoms with Crippen LogP contribution in [0.5, 0.6) is 0 Å². The number of hydrogen-bond acceptors (Lipinski definition) is 3.